The van der Waals surface area contributed by atoms with E-state index < -0.39 is 0 Å². The van der Waals surface area contributed by atoms with Gasteiger partial charge in [0, 0.05) is 5.41 Å². The highest BCUT2D eigenvalue weighted by atomic mass is 16.1. The van der Waals surface area contributed by atoms with E-state index >= 15 is 0 Å². The van der Waals surface area contributed by atoms with Crippen molar-refractivity contribution in [3.63, 3.8) is 0 Å². The monoisotopic (exact) mass is 220 g/mol. The molecule has 1 saturated carbocycles. The number of carbonyl (C=O) groups is 1. The molecule has 0 amide bonds. The van der Waals surface area contributed by atoms with Crippen molar-refractivity contribution in [2.45, 2.75) is 52.4 Å². The van der Waals surface area contributed by atoms with Gasteiger partial charge in [-0.25, -0.2) is 0 Å². The van der Waals surface area contributed by atoms with Gasteiger partial charge in [-0.05, 0) is 49.9 Å². The molecule has 0 bridgehead atoms. The van der Waals surface area contributed by atoms with Gasteiger partial charge < -0.3 is 4.79 Å². The third-order valence-corrected chi connectivity index (χ3v) is 4.85. The molecule has 1 heteroatoms. The first-order valence-electron chi connectivity index (χ1n) is 6.79. The summed E-state index contributed by atoms with van der Waals surface area (Å²) in [7, 11) is 0. The molecule has 1 nitrogen and oxygen atoms in total. The molecule has 0 aromatic heterocycles. The summed E-state index contributed by atoms with van der Waals surface area (Å²) in [5, 5.41) is 0. The van der Waals surface area contributed by atoms with E-state index in [4.69, 9.17) is 0 Å². The number of aldehydes is 1. The molecule has 4 atom stereocenters. The Labute approximate surface area is 99.3 Å². The Balaban J connectivity index is 2.14. The van der Waals surface area contributed by atoms with Gasteiger partial charge in [-0.15, -0.1) is 0 Å². The van der Waals surface area contributed by atoms with E-state index in [2.05, 4.69) is 26.0 Å². The molecule has 0 spiro atoms. The van der Waals surface area contributed by atoms with Crippen LogP contribution in [0.5, 0.6) is 0 Å². The molecule has 0 aromatic carbocycles. The van der Waals surface area contributed by atoms with Gasteiger partial charge in [0.15, 0.2) is 0 Å². The van der Waals surface area contributed by atoms with Gasteiger partial charge in [-0.2, -0.15) is 0 Å². The van der Waals surface area contributed by atoms with Crippen LogP contribution >= 0.6 is 0 Å². The van der Waals surface area contributed by atoms with Crippen molar-refractivity contribution >= 4 is 6.29 Å². The van der Waals surface area contributed by atoms with E-state index in [1.807, 2.05) is 0 Å². The lowest BCUT2D eigenvalue weighted by atomic mass is 9.59. The van der Waals surface area contributed by atoms with Crippen molar-refractivity contribution in [1.82, 2.24) is 0 Å². The van der Waals surface area contributed by atoms with Gasteiger partial charge in [0.25, 0.3) is 0 Å². The standard InChI is InChI=1S/C15H24O/c1-12-6-7-14(13(2)10-12)15(11-16)8-4-3-5-9-15/h3-4,11-14H,5-10H2,1-2H3. The second-order valence-corrected chi connectivity index (χ2v) is 6.07. The molecule has 2 aliphatic rings. The van der Waals surface area contributed by atoms with E-state index in [9.17, 15) is 4.79 Å². The minimum absolute atomic E-state index is 0.0195. The van der Waals surface area contributed by atoms with Crippen LogP contribution in [-0.4, -0.2) is 6.29 Å². The highest BCUT2D eigenvalue weighted by molar-refractivity contribution is 5.61. The van der Waals surface area contributed by atoms with E-state index in [1.54, 1.807) is 0 Å². The molecular weight excluding hydrogens is 196 g/mol. The fourth-order valence-corrected chi connectivity index (χ4v) is 3.93. The largest absolute Gasteiger partial charge is 0.303 e. The number of rotatable bonds is 2. The predicted molar refractivity (Wildman–Crippen MR) is 67.2 cm³/mol. The first kappa shape index (κ1) is 11.9. The molecule has 2 aliphatic carbocycles. The fraction of sp³-hybridized carbons (Fsp3) is 0.800. The second-order valence-electron chi connectivity index (χ2n) is 6.07. The number of hydrogen-bond acceptors (Lipinski definition) is 1. The Bertz CT molecular complexity index is 281. The predicted octanol–water partition coefficient (Wildman–Crippen LogP) is 3.98. The molecule has 0 saturated heterocycles. The zero-order chi connectivity index (χ0) is 11.6. The molecular formula is C15H24O. The first-order chi connectivity index (χ1) is 7.68. The topological polar surface area (TPSA) is 17.1 Å². The summed E-state index contributed by atoms with van der Waals surface area (Å²) >= 11 is 0. The molecule has 90 valence electrons. The zero-order valence-electron chi connectivity index (χ0n) is 10.6. The van der Waals surface area contributed by atoms with Crippen LogP contribution in [0.3, 0.4) is 0 Å². The number of allylic oxidation sites excluding steroid dienone is 2. The zero-order valence-corrected chi connectivity index (χ0v) is 10.6. The highest BCUT2D eigenvalue weighted by Gasteiger charge is 2.42. The van der Waals surface area contributed by atoms with Crippen LogP contribution in [-0.2, 0) is 4.79 Å². The van der Waals surface area contributed by atoms with Crippen molar-refractivity contribution in [2.75, 3.05) is 0 Å². The van der Waals surface area contributed by atoms with Crippen LogP contribution < -0.4 is 0 Å². The maximum Gasteiger partial charge on any atom is 0.126 e. The van der Waals surface area contributed by atoms with Crippen molar-refractivity contribution in [1.29, 1.82) is 0 Å². The van der Waals surface area contributed by atoms with Crippen LogP contribution in [0, 0.1) is 23.2 Å². The van der Waals surface area contributed by atoms with Crippen molar-refractivity contribution < 1.29 is 4.79 Å². The minimum atomic E-state index is -0.0195. The van der Waals surface area contributed by atoms with Gasteiger partial charge in [-0.1, -0.05) is 32.4 Å². The summed E-state index contributed by atoms with van der Waals surface area (Å²) in [6.07, 6.45) is 12.8. The summed E-state index contributed by atoms with van der Waals surface area (Å²) in [4.78, 5) is 11.6. The summed E-state index contributed by atoms with van der Waals surface area (Å²) in [6, 6.07) is 0. The Kier molecular flexibility index (Phi) is 3.51. The van der Waals surface area contributed by atoms with Crippen LogP contribution in [0.1, 0.15) is 52.4 Å². The quantitative estimate of drug-likeness (QED) is 0.508. The van der Waals surface area contributed by atoms with Gasteiger partial charge >= 0.3 is 0 Å². The molecule has 0 aromatic rings. The molecule has 0 N–H and O–H groups in total. The Hall–Kier alpha value is -0.590. The van der Waals surface area contributed by atoms with E-state index in [1.165, 1.54) is 25.5 Å². The molecule has 2 rings (SSSR count). The van der Waals surface area contributed by atoms with Gasteiger partial charge in [-0.3, -0.25) is 0 Å². The third-order valence-electron chi connectivity index (χ3n) is 4.85. The normalized spacial score (nSPS) is 44.2. The maximum absolute atomic E-state index is 11.6. The van der Waals surface area contributed by atoms with Crippen molar-refractivity contribution in [3.05, 3.63) is 12.2 Å². The second kappa shape index (κ2) is 4.73. The number of carbonyl (C=O) groups excluding carboxylic acids is 1. The average molecular weight is 220 g/mol. The third kappa shape index (κ3) is 2.09. The number of hydrogen-bond donors (Lipinski definition) is 0. The molecule has 16 heavy (non-hydrogen) atoms. The maximum atomic E-state index is 11.6. The van der Waals surface area contributed by atoms with E-state index in [-0.39, 0.29) is 5.41 Å². The van der Waals surface area contributed by atoms with Crippen molar-refractivity contribution in [3.8, 4) is 0 Å². The lowest BCUT2D eigenvalue weighted by Crippen LogP contribution is -2.39. The lowest BCUT2D eigenvalue weighted by Gasteiger charge is -2.44. The summed E-state index contributed by atoms with van der Waals surface area (Å²) in [6.45, 7) is 4.70. The molecule has 1 fully saturated rings. The van der Waals surface area contributed by atoms with Crippen LogP contribution in [0.15, 0.2) is 12.2 Å². The van der Waals surface area contributed by atoms with Crippen LogP contribution in [0.4, 0.5) is 0 Å². The van der Waals surface area contributed by atoms with Crippen LogP contribution in [0.25, 0.3) is 0 Å². The van der Waals surface area contributed by atoms with Gasteiger partial charge in [0.2, 0.25) is 0 Å². The molecule has 0 radical (unpaired) electrons. The Morgan fingerprint density at radius 1 is 1.25 bits per heavy atom. The highest BCUT2D eigenvalue weighted by Crippen LogP contribution is 2.48. The van der Waals surface area contributed by atoms with E-state index in [0.717, 1.165) is 31.1 Å². The summed E-state index contributed by atoms with van der Waals surface area (Å²) < 4.78 is 0. The summed E-state index contributed by atoms with van der Waals surface area (Å²) in [5.41, 5.74) is -0.0195. The Morgan fingerprint density at radius 3 is 2.62 bits per heavy atom. The first-order valence-corrected chi connectivity index (χ1v) is 6.79. The molecule has 0 aliphatic heterocycles. The fourth-order valence-electron chi connectivity index (χ4n) is 3.93. The van der Waals surface area contributed by atoms with Gasteiger partial charge in [0.1, 0.15) is 6.29 Å². The van der Waals surface area contributed by atoms with Crippen molar-refractivity contribution in [2.24, 2.45) is 23.2 Å². The molecule has 0 heterocycles. The Morgan fingerprint density at radius 2 is 2.06 bits per heavy atom. The lowest BCUT2D eigenvalue weighted by molar-refractivity contribution is -0.122. The van der Waals surface area contributed by atoms with Gasteiger partial charge in [0.05, 0.1) is 0 Å². The molecule has 4 unspecified atom stereocenters. The van der Waals surface area contributed by atoms with Crippen LogP contribution in [0.2, 0.25) is 0 Å². The summed E-state index contributed by atoms with van der Waals surface area (Å²) in [5.74, 6) is 2.21. The SMILES string of the molecule is CC1CCC(C2(C=O)CC=CCC2)C(C)C1. The average Bonchev–Trinajstić information content (AvgIpc) is 2.30. The van der Waals surface area contributed by atoms with E-state index in [0.29, 0.717) is 5.92 Å². The minimum Gasteiger partial charge on any atom is -0.303 e. The smallest absolute Gasteiger partial charge is 0.126 e.